The minimum absolute atomic E-state index is 0.892. The zero-order chi connectivity index (χ0) is 38.0. The standard InChI is InChI=1S/C54H38N2O/c1-35-32-51(36(2)31-47(35)40-25-29-45-46-20-11-15-39-16-12-22-52(54(39)46)57-53(45)33-40)55(42-26-23-38(24-27-42)37-13-5-3-6-14-37)43-28-30-50-48(34-43)44-19-9-10-21-49(44)56(50)41-17-7-4-8-18-41/h3-34H,1-2H3. The van der Waals surface area contributed by atoms with E-state index in [1.54, 1.807) is 0 Å². The normalized spacial score (nSPS) is 11.8. The van der Waals surface area contributed by atoms with Crippen molar-refractivity contribution in [3.63, 3.8) is 0 Å². The van der Waals surface area contributed by atoms with Crippen LogP contribution in [0, 0.1) is 13.8 Å². The Morgan fingerprint density at radius 3 is 1.93 bits per heavy atom. The Morgan fingerprint density at radius 1 is 0.421 bits per heavy atom. The zero-order valence-corrected chi connectivity index (χ0v) is 31.8. The van der Waals surface area contributed by atoms with Gasteiger partial charge in [-0.25, -0.2) is 0 Å². The minimum atomic E-state index is 0.892. The van der Waals surface area contributed by atoms with Crippen molar-refractivity contribution in [3.8, 4) is 50.6 Å². The molecule has 0 spiro atoms. The van der Waals surface area contributed by atoms with Crippen molar-refractivity contribution in [2.45, 2.75) is 13.8 Å². The Labute approximate surface area is 332 Å². The number of fused-ring (bicyclic) bond motifs is 5. The van der Waals surface area contributed by atoms with Gasteiger partial charge in [-0.05, 0) is 137 Å². The molecule has 0 unspecified atom stereocenters. The predicted molar refractivity (Wildman–Crippen MR) is 239 cm³/mol. The third-order valence-corrected chi connectivity index (χ3v) is 11.6. The first-order chi connectivity index (χ1) is 28.1. The lowest BCUT2D eigenvalue weighted by molar-refractivity contribution is 0.487. The second kappa shape index (κ2) is 13.1. The molecular weight excluding hydrogens is 693 g/mol. The summed E-state index contributed by atoms with van der Waals surface area (Å²) in [7, 11) is 0. The number of aryl methyl sites for hydroxylation is 2. The highest BCUT2D eigenvalue weighted by atomic mass is 16.5. The van der Waals surface area contributed by atoms with Gasteiger partial charge in [0.25, 0.3) is 0 Å². The molecule has 0 saturated heterocycles. The van der Waals surface area contributed by atoms with Crippen LogP contribution in [0.25, 0.3) is 71.6 Å². The maximum absolute atomic E-state index is 6.59. The van der Waals surface area contributed by atoms with Crippen LogP contribution in [0.3, 0.4) is 0 Å². The van der Waals surface area contributed by atoms with E-state index in [0.717, 1.165) is 45.4 Å². The van der Waals surface area contributed by atoms with E-state index in [1.807, 2.05) is 0 Å². The van der Waals surface area contributed by atoms with Crippen LogP contribution in [0.4, 0.5) is 17.1 Å². The van der Waals surface area contributed by atoms with Crippen molar-refractivity contribution < 1.29 is 4.74 Å². The van der Waals surface area contributed by atoms with Gasteiger partial charge in [-0.3, -0.25) is 0 Å². The number of anilines is 3. The van der Waals surface area contributed by atoms with Crippen molar-refractivity contribution in [1.29, 1.82) is 0 Å². The summed E-state index contributed by atoms with van der Waals surface area (Å²) in [6.45, 7) is 4.46. The largest absolute Gasteiger partial charge is 0.456 e. The molecule has 3 heteroatoms. The topological polar surface area (TPSA) is 17.4 Å². The molecule has 0 fully saturated rings. The molecule has 0 N–H and O–H groups in total. The van der Waals surface area contributed by atoms with Gasteiger partial charge in [0.2, 0.25) is 0 Å². The van der Waals surface area contributed by atoms with E-state index < -0.39 is 0 Å². The average Bonchev–Trinajstić information content (AvgIpc) is 3.59. The predicted octanol–water partition coefficient (Wildman–Crippen LogP) is 15.1. The van der Waals surface area contributed by atoms with Gasteiger partial charge in [0.1, 0.15) is 11.5 Å². The van der Waals surface area contributed by atoms with Gasteiger partial charge in [0.05, 0.1) is 11.0 Å². The summed E-state index contributed by atoms with van der Waals surface area (Å²) in [5, 5.41) is 4.82. The van der Waals surface area contributed by atoms with Crippen molar-refractivity contribution in [2.24, 2.45) is 0 Å². The molecule has 1 aromatic heterocycles. The van der Waals surface area contributed by atoms with Crippen LogP contribution in [0.15, 0.2) is 194 Å². The molecule has 0 bridgehead atoms. The Bertz CT molecular complexity index is 3160. The molecule has 0 radical (unpaired) electrons. The number of para-hydroxylation sites is 2. The fraction of sp³-hybridized carbons (Fsp3) is 0.0370. The van der Waals surface area contributed by atoms with Crippen LogP contribution >= 0.6 is 0 Å². The van der Waals surface area contributed by atoms with E-state index in [0.29, 0.717) is 0 Å². The molecular formula is C54H38N2O. The molecule has 2 heterocycles. The SMILES string of the molecule is Cc1cc(N(c2ccc(-c3ccccc3)cc2)c2ccc3c(c2)c2ccccc2n3-c2ccccc2)c(C)cc1-c1ccc2c(c1)Oc1cccc3cccc-2c13. The molecule has 9 aromatic carbocycles. The van der Waals surface area contributed by atoms with Crippen LogP contribution in [-0.2, 0) is 0 Å². The fourth-order valence-electron chi connectivity index (χ4n) is 8.90. The highest BCUT2D eigenvalue weighted by Crippen LogP contribution is 2.48. The molecule has 0 aliphatic carbocycles. The van der Waals surface area contributed by atoms with Crippen molar-refractivity contribution in [2.75, 3.05) is 4.90 Å². The summed E-state index contributed by atoms with van der Waals surface area (Å²) in [6, 6.07) is 70.0. The molecule has 3 nitrogen and oxygen atoms in total. The number of nitrogens with zero attached hydrogens (tertiary/aromatic N) is 2. The Hall–Kier alpha value is -7.36. The number of aromatic nitrogens is 1. The summed E-state index contributed by atoms with van der Waals surface area (Å²) in [6.07, 6.45) is 0. The van der Waals surface area contributed by atoms with Crippen LogP contribution in [0.5, 0.6) is 11.5 Å². The van der Waals surface area contributed by atoms with Crippen LogP contribution in [0.1, 0.15) is 11.1 Å². The van der Waals surface area contributed by atoms with Crippen LogP contribution in [0.2, 0.25) is 0 Å². The summed E-state index contributed by atoms with van der Waals surface area (Å²) in [5.41, 5.74) is 16.3. The quantitative estimate of drug-likeness (QED) is 0.169. The van der Waals surface area contributed by atoms with Gasteiger partial charge < -0.3 is 14.2 Å². The molecule has 10 aromatic rings. The van der Waals surface area contributed by atoms with E-state index in [-0.39, 0.29) is 0 Å². The number of hydrogen-bond donors (Lipinski definition) is 0. The van der Waals surface area contributed by atoms with E-state index in [4.69, 9.17) is 4.74 Å². The molecule has 1 aliphatic heterocycles. The fourth-order valence-corrected chi connectivity index (χ4v) is 8.90. The van der Waals surface area contributed by atoms with Crippen molar-refractivity contribution >= 4 is 49.6 Å². The zero-order valence-electron chi connectivity index (χ0n) is 31.8. The Kier molecular flexibility index (Phi) is 7.61. The first kappa shape index (κ1) is 33.0. The smallest absolute Gasteiger partial charge is 0.135 e. The first-order valence-electron chi connectivity index (χ1n) is 19.6. The maximum atomic E-state index is 6.59. The second-order valence-corrected chi connectivity index (χ2v) is 15.1. The van der Waals surface area contributed by atoms with Crippen molar-refractivity contribution in [1.82, 2.24) is 4.57 Å². The van der Waals surface area contributed by atoms with Gasteiger partial charge >= 0.3 is 0 Å². The third kappa shape index (κ3) is 5.43. The lowest BCUT2D eigenvalue weighted by Crippen LogP contribution is -2.12. The number of rotatable bonds is 6. The van der Waals surface area contributed by atoms with Crippen LogP contribution < -0.4 is 9.64 Å². The highest BCUT2D eigenvalue weighted by Gasteiger charge is 2.23. The Balaban J connectivity index is 1.05. The average molecular weight is 731 g/mol. The lowest BCUT2D eigenvalue weighted by Gasteiger charge is -2.29. The molecule has 1 aliphatic rings. The Morgan fingerprint density at radius 2 is 1.11 bits per heavy atom. The number of hydrogen-bond acceptors (Lipinski definition) is 2. The summed E-state index contributed by atoms with van der Waals surface area (Å²) < 4.78 is 8.96. The van der Waals surface area contributed by atoms with Gasteiger partial charge in [-0.1, -0.05) is 115 Å². The third-order valence-electron chi connectivity index (χ3n) is 11.6. The minimum Gasteiger partial charge on any atom is -0.456 e. The second-order valence-electron chi connectivity index (χ2n) is 15.1. The summed E-state index contributed by atoms with van der Waals surface area (Å²) >= 11 is 0. The van der Waals surface area contributed by atoms with Gasteiger partial charge in [-0.2, -0.15) is 0 Å². The van der Waals surface area contributed by atoms with Crippen LogP contribution in [-0.4, -0.2) is 4.57 Å². The monoisotopic (exact) mass is 730 g/mol. The molecule has 0 amide bonds. The number of benzene rings is 9. The first-order valence-corrected chi connectivity index (χ1v) is 19.6. The molecule has 0 saturated carbocycles. The molecule has 11 rings (SSSR count). The highest BCUT2D eigenvalue weighted by molar-refractivity contribution is 6.11. The number of ether oxygens (including phenoxy) is 1. The molecule has 270 valence electrons. The lowest BCUT2D eigenvalue weighted by atomic mass is 9.91. The maximum Gasteiger partial charge on any atom is 0.135 e. The van der Waals surface area contributed by atoms with E-state index in [2.05, 4.69) is 217 Å². The van der Waals surface area contributed by atoms with Gasteiger partial charge in [0.15, 0.2) is 0 Å². The van der Waals surface area contributed by atoms with E-state index in [1.165, 1.54) is 66.0 Å². The van der Waals surface area contributed by atoms with E-state index >= 15 is 0 Å². The van der Waals surface area contributed by atoms with Gasteiger partial charge in [0, 0.05) is 44.5 Å². The molecule has 57 heavy (non-hydrogen) atoms. The van der Waals surface area contributed by atoms with Gasteiger partial charge in [-0.15, -0.1) is 0 Å². The summed E-state index contributed by atoms with van der Waals surface area (Å²) in [4.78, 5) is 2.42. The van der Waals surface area contributed by atoms with E-state index in [9.17, 15) is 0 Å². The summed E-state index contributed by atoms with van der Waals surface area (Å²) in [5.74, 6) is 1.80. The molecule has 0 atom stereocenters. The van der Waals surface area contributed by atoms with Crippen molar-refractivity contribution in [3.05, 3.63) is 205 Å².